The van der Waals surface area contributed by atoms with Gasteiger partial charge in [-0.3, -0.25) is 0 Å². The van der Waals surface area contributed by atoms with Gasteiger partial charge in [-0.2, -0.15) is 0 Å². The van der Waals surface area contributed by atoms with E-state index in [0.29, 0.717) is 0 Å². The van der Waals surface area contributed by atoms with Crippen LogP contribution in [-0.4, -0.2) is 6.61 Å². The summed E-state index contributed by atoms with van der Waals surface area (Å²) in [6.07, 6.45) is 13.8. The van der Waals surface area contributed by atoms with E-state index in [1.165, 1.54) is 49.7 Å². The fraction of sp³-hybridized carbons (Fsp3) is 0.619. The average molecular weight is 300 g/mol. The predicted octanol–water partition coefficient (Wildman–Crippen LogP) is 6.24. The van der Waals surface area contributed by atoms with E-state index in [1.807, 2.05) is 0 Å². The maximum atomic E-state index is 5.61. The molecule has 122 valence electrons. The number of hydrogen-bond donors (Lipinski definition) is 0. The zero-order valence-corrected chi connectivity index (χ0v) is 14.4. The topological polar surface area (TPSA) is 9.23 Å². The van der Waals surface area contributed by atoms with Crippen molar-refractivity contribution in [1.82, 2.24) is 0 Å². The van der Waals surface area contributed by atoms with Gasteiger partial charge in [0.25, 0.3) is 0 Å². The van der Waals surface area contributed by atoms with Gasteiger partial charge in [-0.25, -0.2) is 0 Å². The first-order chi connectivity index (χ1) is 10.8. The van der Waals surface area contributed by atoms with Gasteiger partial charge in [-0.15, -0.1) is 0 Å². The summed E-state index contributed by atoms with van der Waals surface area (Å²) in [7, 11) is 0. The van der Waals surface area contributed by atoms with Crippen LogP contribution < -0.4 is 0 Å². The highest BCUT2D eigenvalue weighted by molar-refractivity contribution is 5.25. The Hall–Kier alpha value is -1.08. The Morgan fingerprint density at radius 1 is 1.09 bits per heavy atom. The molecule has 0 N–H and O–H groups in total. The fourth-order valence-electron chi connectivity index (χ4n) is 3.50. The maximum absolute atomic E-state index is 5.61. The third-order valence-electron chi connectivity index (χ3n) is 4.89. The van der Waals surface area contributed by atoms with E-state index in [-0.39, 0.29) is 0 Å². The fourth-order valence-corrected chi connectivity index (χ4v) is 3.50. The minimum absolute atomic E-state index is 0.756. The summed E-state index contributed by atoms with van der Waals surface area (Å²) in [6, 6.07) is 9.16. The molecule has 0 saturated heterocycles. The van der Waals surface area contributed by atoms with E-state index < -0.39 is 0 Å². The number of allylic oxidation sites excluding steroid dienone is 2. The lowest BCUT2D eigenvalue weighted by molar-refractivity contribution is 0.121. The van der Waals surface area contributed by atoms with Crippen molar-refractivity contribution >= 4 is 0 Å². The van der Waals surface area contributed by atoms with Crippen LogP contribution in [0.2, 0.25) is 0 Å². The van der Waals surface area contributed by atoms with Crippen LogP contribution in [0.3, 0.4) is 0 Å². The van der Waals surface area contributed by atoms with Crippen molar-refractivity contribution < 1.29 is 4.74 Å². The monoisotopic (exact) mass is 300 g/mol. The highest BCUT2D eigenvalue weighted by Gasteiger charge is 2.21. The van der Waals surface area contributed by atoms with E-state index in [1.54, 1.807) is 0 Å². The molecule has 1 heteroatoms. The molecule has 0 amide bonds. The quantitative estimate of drug-likeness (QED) is 0.407. The van der Waals surface area contributed by atoms with Crippen molar-refractivity contribution in [3.8, 4) is 0 Å². The summed E-state index contributed by atoms with van der Waals surface area (Å²) in [5.74, 6) is 1.73. The Bertz CT molecular complexity index is 424. The Balaban J connectivity index is 1.76. The Morgan fingerprint density at radius 2 is 1.82 bits per heavy atom. The second-order valence-electron chi connectivity index (χ2n) is 6.66. The molecule has 1 aliphatic carbocycles. The van der Waals surface area contributed by atoms with Crippen molar-refractivity contribution in [2.45, 2.75) is 71.3 Å². The van der Waals surface area contributed by atoms with Crippen molar-refractivity contribution in [1.29, 1.82) is 0 Å². The standard InChI is InChI=1S/C21H32O/c1-3-5-6-7-18-8-12-20(13-9-18)21-14-10-19(11-15-21)17-22-16-4-2/h3,5,10-11,14-15,18,20H,4,6-9,12-13,16-17H2,1-2H3/b5-3+/t18-,20-. The zero-order chi connectivity index (χ0) is 15.6. The van der Waals surface area contributed by atoms with Crippen LogP contribution in [-0.2, 0) is 11.3 Å². The summed E-state index contributed by atoms with van der Waals surface area (Å²) in [5.41, 5.74) is 2.84. The number of rotatable bonds is 8. The number of benzene rings is 1. The highest BCUT2D eigenvalue weighted by Crippen LogP contribution is 2.37. The van der Waals surface area contributed by atoms with Crippen LogP contribution >= 0.6 is 0 Å². The molecule has 0 spiro atoms. The molecule has 1 aromatic carbocycles. The Morgan fingerprint density at radius 3 is 2.45 bits per heavy atom. The molecule has 0 atom stereocenters. The minimum atomic E-state index is 0.756. The lowest BCUT2D eigenvalue weighted by atomic mass is 9.77. The van der Waals surface area contributed by atoms with Crippen molar-refractivity contribution in [3.05, 3.63) is 47.5 Å². The van der Waals surface area contributed by atoms with Gasteiger partial charge < -0.3 is 4.74 Å². The first kappa shape index (κ1) is 17.3. The SMILES string of the molecule is C/C=C/CC[C@H]1CC[C@H](c2ccc(COCCC)cc2)CC1. The van der Waals surface area contributed by atoms with Gasteiger partial charge in [0, 0.05) is 6.61 Å². The molecule has 2 rings (SSSR count). The molecule has 0 radical (unpaired) electrons. The molecule has 0 heterocycles. The van der Waals surface area contributed by atoms with E-state index >= 15 is 0 Å². The largest absolute Gasteiger partial charge is 0.377 e. The molecule has 1 aliphatic rings. The number of ether oxygens (including phenoxy) is 1. The molecule has 1 saturated carbocycles. The van der Waals surface area contributed by atoms with E-state index in [4.69, 9.17) is 4.74 Å². The van der Waals surface area contributed by atoms with Gasteiger partial charge in [-0.1, -0.05) is 43.3 Å². The first-order valence-corrected chi connectivity index (χ1v) is 9.11. The first-order valence-electron chi connectivity index (χ1n) is 9.11. The molecular formula is C21H32O. The molecular weight excluding hydrogens is 268 g/mol. The van der Waals surface area contributed by atoms with Crippen LogP contribution in [0.1, 0.15) is 75.8 Å². The van der Waals surface area contributed by atoms with E-state index in [0.717, 1.165) is 31.5 Å². The summed E-state index contributed by atoms with van der Waals surface area (Å²) < 4.78 is 5.61. The molecule has 22 heavy (non-hydrogen) atoms. The van der Waals surface area contributed by atoms with Gasteiger partial charge in [0.15, 0.2) is 0 Å². The van der Waals surface area contributed by atoms with Crippen molar-refractivity contribution in [2.24, 2.45) is 5.92 Å². The normalized spacial score (nSPS) is 22.3. The molecule has 0 bridgehead atoms. The average Bonchev–Trinajstić information content (AvgIpc) is 2.57. The van der Waals surface area contributed by atoms with Gasteiger partial charge in [0.1, 0.15) is 0 Å². The van der Waals surface area contributed by atoms with Crippen LogP contribution in [0.4, 0.5) is 0 Å². The zero-order valence-electron chi connectivity index (χ0n) is 14.4. The van der Waals surface area contributed by atoms with Crippen LogP contribution in [0.15, 0.2) is 36.4 Å². The lowest BCUT2D eigenvalue weighted by Crippen LogP contribution is -2.13. The molecule has 0 aromatic heterocycles. The summed E-state index contributed by atoms with van der Waals surface area (Å²) in [4.78, 5) is 0. The molecule has 0 unspecified atom stereocenters. The summed E-state index contributed by atoms with van der Waals surface area (Å²) in [5, 5.41) is 0. The predicted molar refractivity (Wildman–Crippen MR) is 95.1 cm³/mol. The van der Waals surface area contributed by atoms with Crippen LogP contribution in [0.25, 0.3) is 0 Å². The lowest BCUT2D eigenvalue weighted by Gasteiger charge is -2.28. The van der Waals surface area contributed by atoms with Crippen molar-refractivity contribution in [3.63, 3.8) is 0 Å². The molecule has 1 nitrogen and oxygen atoms in total. The number of hydrogen-bond acceptors (Lipinski definition) is 1. The Labute approximate surface area is 136 Å². The summed E-state index contributed by atoms with van der Waals surface area (Å²) >= 11 is 0. The van der Waals surface area contributed by atoms with Gasteiger partial charge in [-0.05, 0) is 74.8 Å². The highest BCUT2D eigenvalue weighted by atomic mass is 16.5. The maximum Gasteiger partial charge on any atom is 0.0716 e. The molecule has 1 aromatic rings. The van der Waals surface area contributed by atoms with Crippen LogP contribution in [0, 0.1) is 5.92 Å². The second-order valence-corrected chi connectivity index (χ2v) is 6.66. The molecule has 1 fully saturated rings. The third-order valence-corrected chi connectivity index (χ3v) is 4.89. The second kappa shape index (κ2) is 9.84. The van der Waals surface area contributed by atoms with Crippen molar-refractivity contribution in [2.75, 3.05) is 6.61 Å². The summed E-state index contributed by atoms with van der Waals surface area (Å²) in [6.45, 7) is 5.89. The minimum Gasteiger partial charge on any atom is -0.377 e. The van der Waals surface area contributed by atoms with Gasteiger partial charge in [0.2, 0.25) is 0 Å². The van der Waals surface area contributed by atoms with E-state index in [2.05, 4.69) is 50.3 Å². The third kappa shape index (κ3) is 5.61. The molecule has 0 aliphatic heterocycles. The van der Waals surface area contributed by atoms with Crippen LogP contribution in [0.5, 0.6) is 0 Å². The Kier molecular flexibility index (Phi) is 7.73. The van der Waals surface area contributed by atoms with E-state index in [9.17, 15) is 0 Å². The van der Waals surface area contributed by atoms with Gasteiger partial charge in [0.05, 0.1) is 6.61 Å². The van der Waals surface area contributed by atoms with Gasteiger partial charge >= 0.3 is 0 Å². The smallest absolute Gasteiger partial charge is 0.0716 e.